The molecule has 3 aromatic rings. The molecule has 2 N–H and O–H groups in total. The number of para-hydroxylation sites is 1. The van der Waals surface area contributed by atoms with Crippen LogP contribution in [-0.2, 0) is 0 Å². The van der Waals surface area contributed by atoms with Gasteiger partial charge in [0, 0.05) is 29.1 Å². The Labute approximate surface area is 161 Å². The van der Waals surface area contributed by atoms with Crippen LogP contribution in [0, 0.1) is 0 Å². The Morgan fingerprint density at radius 3 is 2.48 bits per heavy atom. The fourth-order valence-corrected chi connectivity index (χ4v) is 3.62. The van der Waals surface area contributed by atoms with Crippen molar-refractivity contribution in [3.05, 3.63) is 60.4 Å². The lowest BCUT2D eigenvalue weighted by atomic mass is 10.2. The van der Waals surface area contributed by atoms with E-state index in [-0.39, 0.29) is 5.76 Å². The van der Waals surface area contributed by atoms with Gasteiger partial charge in [0.15, 0.2) is 5.76 Å². The maximum absolute atomic E-state index is 12.1. The molecule has 1 aliphatic rings. The van der Waals surface area contributed by atoms with E-state index in [0.717, 1.165) is 35.3 Å². The van der Waals surface area contributed by atoms with E-state index in [9.17, 15) is 9.59 Å². The Morgan fingerprint density at radius 1 is 1.00 bits per heavy atom. The number of anilines is 1. The number of nitrogens with one attached hydrogen (secondary N) is 2. The van der Waals surface area contributed by atoms with Crippen LogP contribution in [0.25, 0.3) is 11.0 Å². The summed E-state index contributed by atoms with van der Waals surface area (Å²) < 4.78 is 8.06. The van der Waals surface area contributed by atoms with E-state index in [2.05, 4.69) is 14.9 Å². The second kappa shape index (κ2) is 7.75. The fourth-order valence-electron chi connectivity index (χ4n) is 3.09. The zero-order chi connectivity index (χ0) is 18.6. The number of carbonyl (C=O) groups excluding carboxylic acids is 2. The molecule has 1 aliphatic heterocycles. The normalized spacial score (nSPS) is 13.7. The maximum Gasteiger partial charge on any atom is 0.332 e. The SMILES string of the molecule is O=C(NSc1ccc(N2CCCC2)cc1)NC(=O)c1cc2ccccc2o1. The number of hydrogen-bond acceptors (Lipinski definition) is 5. The van der Waals surface area contributed by atoms with Gasteiger partial charge in [-0.05, 0) is 61.2 Å². The van der Waals surface area contributed by atoms with Crippen LogP contribution in [0.4, 0.5) is 10.5 Å². The molecule has 27 heavy (non-hydrogen) atoms. The molecule has 1 fully saturated rings. The van der Waals surface area contributed by atoms with Gasteiger partial charge in [-0.2, -0.15) is 0 Å². The van der Waals surface area contributed by atoms with Crippen LogP contribution in [0.1, 0.15) is 23.4 Å². The van der Waals surface area contributed by atoms with Gasteiger partial charge in [0.1, 0.15) is 5.58 Å². The summed E-state index contributed by atoms with van der Waals surface area (Å²) >= 11 is 1.16. The monoisotopic (exact) mass is 381 g/mol. The number of furan rings is 1. The molecule has 0 radical (unpaired) electrons. The Hall–Kier alpha value is -2.93. The Morgan fingerprint density at radius 2 is 1.74 bits per heavy atom. The van der Waals surface area contributed by atoms with Crippen LogP contribution < -0.4 is 14.9 Å². The van der Waals surface area contributed by atoms with Crippen molar-refractivity contribution in [2.75, 3.05) is 18.0 Å². The molecule has 6 nitrogen and oxygen atoms in total. The molecule has 1 saturated heterocycles. The summed E-state index contributed by atoms with van der Waals surface area (Å²) in [6, 6.07) is 16.3. The highest BCUT2D eigenvalue weighted by Crippen LogP contribution is 2.23. The zero-order valence-electron chi connectivity index (χ0n) is 14.6. The summed E-state index contributed by atoms with van der Waals surface area (Å²) in [6.07, 6.45) is 2.47. The van der Waals surface area contributed by atoms with Gasteiger partial charge in [-0.25, -0.2) is 4.79 Å². The highest BCUT2D eigenvalue weighted by molar-refractivity contribution is 7.98. The molecule has 1 aromatic heterocycles. The first-order chi connectivity index (χ1) is 13.2. The number of imide groups is 1. The molecule has 7 heteroatoms. The summed E-state index contributed by atoms with van der Waals surface area (Å²) in [5.41, 5.74) is 1.80. The molecule has 0 aliphatic carbocycles. The molecule has 2 aromatic carbocycles. The lowest BCUT2D eigenvalue weighted by Crippen LogP contribution is -2.36. The van der Waals surface area contributed by atoms with Crippen LogP contribution in [0.3, 0.4) is 0 Å². The van der Waals surface area contributed by atoms with Crippen molar-refractivity contribution in [3.8, 4) is 0 Å². The maximum atomic E-state index is 12.1. The first kappa shape index (κ1) is 17.5. The topological polar surface area (TPSA) is 74.6 Å². The van der Waals surface area contributed by atoms with Gasteiger partial charge in [0.05, 0.1) is 0 Å². The second-order valence-electron chi connectivity index (χ2n) is 6.32. The quantitative estimate of drug-likeness (QED) is 0.663. The van der Waals surface area contributed by atoms with Crippen molar-refractivity contribution >= 4 is 40.5 Å². The van der Waals surface area contributed by atoms with Gasteiger partial charge in [-0.1, -0.05) is 18.2 Å². The minimum Gasteiger partial charge on any atom is -0.451 e. The number of rotatable bonds is 4. The third-order valence-corrected chi connectivity index (χ3v) is 5.24. The molecular weight excluding hydrogens is 362 g/mol. The highest BCUT2D eigenvalue weighted by atomic mass is 32.2. The number of hydrogen-bond donors (Lipinski definition) is 2. The predicted molar refractivity (Wildman–Crippen MR) is 106 cm³/mol. The second-order valence-corrected chi connectivity index (χ2v) is 7.20. The van der Waals surface area contributed by atoms with Crippen LogP contribution in [0.2, 0.25) is 0 Å². The van der Waals surface area contributed by atoms with E-state index in [1.54, 1.807) is 12.1 Å². The lowest BCUT2D eigenvalue weighted by molar-refractivity contribution is 0.0940. The smallest absolute Gasteiger partial charge is 0.332 e. The van der Waals surface area contributed by atoms with Crippen LogP contribution in [0.15, 0.2) is 63.9 Å². The first-order valence-electron chi connectivity index (χ1n) is 8.81. The van der Waals surface area contributed by atoms with Crippen molar-refractivity contribution in [1.82, 2.24) is 10.0 Å². The van der Waals surface area contributed by atoms with Crippen LogP contribution in [-0.4, -0.2) is 25.0 Å². The third kappa shape index (κ3) is 4.09. The van der Waals surface area contributed by atoms with Crippen LogP contribution >= 0.6 is 11.9 Å². The molecule has 2 heterocycles. The lowest BCUT2D eigenvalue weighted by Gasteiger charge is -2.17. The van der Waals surface area contributed by atoms with Gasteiger partial charge < -0.3 is 9.32 Å². The van der Waals surface area contributed by atoms with Gasteiger partial charge >= 0.3 is 6.03 Å². The standard InChI is InChI=1S/C20H19N3O3S/c24-19(18-13-14-5-1-2-6-17(14)26-18)21-20(25)22-27-16-9-7-15(8-10-16)23-11-3-4-12-23/h1-2,5-10,13H,3-4,11-12H2,(H2,21,22,24,25). The summed E-state index contributed by atoms with van der Waals surface area (Å²) in [6.45, 7) is 2.19. The summed E-state index contributed by atoms with van der Waals surface area (Å²) in [5, 5.41) is 3.09. The van der Waals surface area contributed by atoms with E-state index in [0.29, 0.717) is 5.58 Å². The molecule has 3 amide bonds. The molecule has 0 saturated carbocycles. The minimum atomic E-state index is -0.589. The van der Waals surface area contributed by atoms with E-state index in [1.165, 1.54) is 18.5 Å². The zero-order valence-corrected chi connectivity index (χ0v) is 15.4. The van der Waals surface area contributed by atoms with Gasteiger partial charge in [0.2, 0.25) is 0 Å². The fraction of sp³-hybridized carbons (Fsp3) is 0.200. The van der Waals surface area contributed by atoms with E-state index < -0.39 is 11.9 Å². The summed E-state index contributed by atoms with van der Waals surface area (Å²) in [4.78, 5) is 27.4. The van der Waals surface area contributed by atoms with Gasteiger partial charge in [-0.15, -0.1) is 0 Å². The van der Waals surface area contributed by atoms with Crippen molar-refractivity contribution in [3.63, 3.8) is 0 Å². The summed E-state index contributed by atoms with van der Waals surface area (Å²) in [7, 11) is 0. The molecule has 138 valence electrons. The molecule has 0 bridgehead atoms. The Kier molecular flexibility index (Phi) is 5.02. The predicted octanol–water partition coefficient (Wildman–Crippen LogP) is 4.18. The number of fused-ring (bicyclic) bond motifs is 1. The molecule has 0 atom stereocenters. The molecule has 0 spiro atoms. The van der Waals surface area contributed by atoms with Crippen molar-refractivity contribution < 1.29 is 14.0 Å². The van der Waals surface area contributed by atoms with Crippen molar-refractivity contribution in [2.45, 2.75) is 17.7 Å². The number of amides is 3. The average molecular weight is 381 g/mol. The number of nitrogens with zero attached hydrogens (tertiary/aromatic N) is 1. The van der Waals surface area contributed by atoms with Gasteiger partial charge in [0.25, 0.3) is 5.91 Å². The Balaban J connectivity index is 1.30. The largest absolute Gasteiger partial charge is 0.451 e. The average Bonchev–Trinajstić information content (AvgIpc) is 3.36. The van der Waals surface area contributed by atoms with Crippen molar-refractivity contribution in [1.29, 1.82) is 0 Å². The number of carbonyl (C=O) groups is 2. The highest BCUT2D eigenvalue weighted by Gasteiger charge is 2.15. The van der Waals surface area contributed by atoms with Crippen LogP contribution in [0.5, 0.6) is 0 Å². The van der Waals surface area contributed by atoms with E-state index in [1.807, 2.05) is 42.5 Å². The molecule has 4 rings (SSSR count). The molecule has 0 unspecified atom stereocenters. The Bertz CT molecular complexity index is 929. The van der Waals surface area contributed by atoms with Crippen molar-refractivity contribution in [2.24, 2.45) is 0 Å². The first-order valence-corrected chi connectivity index (χ1v) is 9.62. The van der Waals surface area contributed by atoms with Gasteiger partial charge in [-0.3, -0.25) is 14.8 Å². The third-order valence-electron chi connectivity index (χ3n) is 4.45. The molecular formula is C20H19N3O3S. The van der Waals surface area contributed by atoms with E-state index >= 15 is 0 Å². The summed E-state index contributed by atoms with van der Waals surface area (Å²) in [5.74, 6) is -0.472. The number of benzene rings is 2. The minimum absolute atomic E-state index is 0.103. The number of urea groups is 1. The van der Waals surface area contributed by atoms with E-state index in [4.69, 9.17) is 4.42 Å².